The summed E-state index contributed by atoms with van der Waals surface area (Å²) < 4.78 is 0. The number of carbonyl (C=O) groups is 2. The molecule has 0 bridgehead atoms. The molecule has 1 saturated carbocycles. The first-order chi connectivity index (χ1) is 7.57. The Bertz CT molecular complexity index is 274. The summed E-state index contributed by atoms with van der Waals surface area (Å²) in [7, 11) is 0. The van der Waals surface area contributed by atoms with Gasteiger partial charge in [-0.05, 0) is 39.0 Å². The minimum absolute atomic E-state index is 0.0713. The monoisotopic (exact) mass is 222 g/mol. The molecule has 1 aliphatic carbocycles. The van der Waals surface area contributed by atoms with Crippen molar-refractivity contribution in [1.29, 1.82) is 0 Å². The van der Waals surface area contributed by atoms with E-state index in [1.165, 1.54) is 12.8 Å². The Kier molecular flexibility index (Phi) is 4.91. The third-order valence-electron chi connectivity index (χ3n) is 3.75. The quantitative estimate of drug-likeness (QED) is 0.647. The van der Waals surface area contributed by atoms with Gasteiger partial charge in [0.2, 0.25) is 0 Å². The summed E-state index contributed by atoms with van der Waals surface area (Å²) in [6, 6.07) is 0. The highest BCUT2D eigenvalue weighted by atomic mass is 16.1. The van der Waals surface area contributed by atoms with E-state index in [1.807, 2.05) is 0 Å². The van der Waals surface area contributed by atoms with Crippen LogP contribution in [-0.4, -0.2) is 11.6 Å². The van der Waals surface area contributed by atoms with Crippen molar-refractivity contribution in [1.82, 2.24) is 0 Å². The number of carbonyl (C=O) groups excluding carboxylic acids is 2. The van der Waals surface area contributed by atoms with Gasteiger partial charge in [0.25, 0.3) is 0 Å². The van der Waals surface area contributed by atoms with Gasteiger partial charge >= 0.3 is 0 Å². The third kappa shape index (κ3) is 3.03. The largest absolute Gasteiger partial charge is 0.300 e. The molecule has 1 rings (SSSR count). The van der Waals surface area contributed by atoms with Gasteiger partial charge in [-0.2, -0.15) is 0 Å². The Labute approximate surface area is 98.1 Å². The molecule has 2 atom stereocenters. The van der Waals surface area contributed by atoms with Gasteiger partial charge in [-0.3, -0.25) is 9.59 Å². The second-order valence-corrected chi connectivity index (χ2v) is 4.92. The minimum Gasteiger partial charge on any atom is -0.300 e. The first kappa shape index (κ1) is 13.1. The summed E-state index contributed by atoms with van der Waals surface area (Å²) >= 11 is 0. The van der Waals surface area contributed by atoms with Crippen LogP contribution in [-0.2, 0) is 9.59 Å². The molecule has 0 aromatic heterocycles. The van der Waals surface area contributed by atoms with Crippen LogP contribution >= 0.6 is 0 Å². The maximum atomic E-state index is 11.8. The highest BCUT2D eigenvalue weighted by Gasteiger charge is 2.36. The van der Waals surface area contributed by atoms with Crippen LogP contribution in [0, 0.1) is 17.8 Å². The van der Waals surface area contributed by atoms with Crippen LogP contribution in [0.1, 0.15) is 46.0 Å². The Morgan fingerprint density at radius 1 is 1.25 bits per heavy atom. The van der Waals surface area contributed by atoms with E-state index < -0.39 is 0 Å². The van der Waals surface area contributed by atoms with Crippen molar-refractivity contribution in [3.63, 3.8) is 0 Å². The molecular formula is C14H22O2. The third-order valence-corrected chi connectivity index (χ3v) is 3.75. The Morgan fingerprint density at radius 3 is 2.19 bits per heavy atom. The number of hydrogen-bond donors (Lipinski definition) is 0. The second-order valence-electron chi connectivity index (χ2n) is 4.92. The van der Waals surface area contributed by atoms with Crippen molar-refractivity contribution < 1.29 is 9.59 Å². The lowest BCUT2D eigenvalue weighted by Crippen LogP contribution is -2.32. The highest BCUT2D eigenvalue weighted by molar-refractivity contribution is 5.87. The second kappa shape index (κ2) is 5.97. The molecule has 0 N–H and O–H groups in total. The van der Waals surface area contributed by atoms with Crippen molar-refractivity contribution in [2.45, 2.75) is 46.0 Å². The lowest BCUT2D eigenvalue weighted by Gasteiger charge is -2.27. The zero-order chi connectivity index (χ0) is 12.1. The van der Waals surface area contributed by atoms with Crippen LogP contribution in [0.4, 0.5) is 0 Å². The van der Waals surface area contributed by atoms with Crippen molar-refractivity contribution in [2.24, 2.45) is 17.8 Å². The summed E-state index contributed by atoms with van der Waals surface area (Å²) in [5.41, 5.74) is 0. The topological polar surface area (TPSA) is 34.1 Å². The Hall–Kier alpha value is -0.920. The Morgan fingerprint density at radius 2 is 1.81 bits per heavy atom. The molecule has 1 fully saturated rings. The summed E-state index contributed by atoms with van der Waals surface area (Å²) in [4.78, 5) is 23.4. The fourth-order valence-corrected chi connectivity index (χ4v) is 3.01. The van der Waals surface area contributed by atoms with E-state index >= 15 is 0 Å². The molecule has 0 spiro atoms. The summed E-state index contributed by atoms with van der Waals surface area (Å²) in [5, 5.41) is 0. The molecule has 0 heterocycles. The SMILES string of the molecule is C=CCC(C(C)=O)C(C(C)=O)C1CCCC1. The molecule has 0 saturated heterocycles. The van der Waals surface area contributed by atoms with Gasteiger partial charge in [0.1, 0.15) is 11.6 Å². The summed E-state index contributed by atoms with van der Waals surface area (Å²) in [6.07, 6.45) is 7.00. The van der Waals surface area contributed by atoms with E-state index in [1.54, 1.807) is 19.9 Å². The molecule has 1 aliphatic rings. The summed E-state index contributed by atoms with van der Waals surface area (Å²) in [6.45, 7) is 6.91. The van der Waals surface area contributed by atoms with Gasteiger partial charge in [-0.1, -0.05) is 18.9 Å². The van der Waals surface area contributed by atoms with Crippen molar-refractivity contribution in [3.05, 3.63) is 12.7 Å². The van der Waals surface area contributed by atoms with Crippen LogP contribution in [0.5, 0.6) is 0 Å². The van der Waals surface area contributed by atoms with Crippen molar-refractivity contribution >= 4 is 11.6 Å². The predicted molar refractivity (Wildman–Crippen MR) is 65.1 cm³/mol. The first-order valence-electron chi connectivity index (χ1n) is 6.19. The fraction of sp³-hybridized carbons (Fsp3) is 0.714. The van der Waals surface area contributed by atoms with Gasteiger partial charge in [-0.25, -0.2) is 0 Å². The van der Waals surface area contributed by atoms with Gasteiger partial charge in [0, 0.05) is 11.8 Å². The molecule has 0 aromatic carbocycles. The number of allylic oxidation sites excluding steroid dienone is 1. The van der Waals surface area contributed by atoms with E-state index in [2.05, 4.69) is 6.58 Å². The number of Topliss-reactive ketones (excluding diaryl/α,β-unsaturated/α-hetero) is 2. The van der Waals surface area contributed by atoms with E-state index in [-0.39, 0.29) is 23.4 Å². The highest BCUT2D eigenvalue weighted by Crippen LogP contribution is 2.37. The van der Waals surface area contributed by atoms with Gasteiger partial charge in [0.15, 0.2) is 0 Å². The number of rotatable bonds is 6. The zero-order valence-corrected chi connectivity index (χ0v) is 10.4. The molecule has 90 valence electrons. The van der Waals surface area contributed by atoms with Crippen molar-refractivity contribution in [3.8, 4) is 0 Å². The predicted octanol–water partition coefficient (Wildman–Crippen LogP) is 3.16. The molecule has 0 radical (unpaired) electrons. The molecule has 2 unspecified atom stereocenters. The lowest BCUT2D eigenvalue weighted by molar-refractivity contribution is -0.132. The molecular weight excluding hydrogens is 200 g/mol. The van der Waals surface area contributed by atoms with E-state index in [0.29, 0.717) is 12.3 Å². The fourth-order valence-electron chi connectivity index (χ4n) is 3.01. The minimum atomic E-state index is -0.141. The number of ketones is 2. The van der Waals surface area contributed by atoms with Crippen LogP contribution < -0.4 is 0 Å². The smallest absolute Gasteiger partial charge is 0.133 e. The molecule has 0 amide bonds. The van der Waals surface area contributed by atoms with Crippen LogP contribution in [0.15, 0.2) is 12.7 Å². The maximum absolute atomic E-state index is 11.8. The molecule has 0 aromatic rings. The molecule has 2 heteroatoms. The lowest BCUT2D eigenvalue weighted by atomic mass is 9.75. The Balaban J connectivity index is 2.83. The average Bonchev–Trinajstić information content (AvgIpc) is 2.69. The van der Waals surface area contributed by atoms with Crippen LogP contribution in [0.25, 0.3) is 0 Å². The summed E-state index contributed by atoms with van der Waals surface area (Å²) in [5.74, 6) is 0.517. The van der Waals surface area contributed by atoms with Gasteiger partial charge < -0.3 is 0 Å². The molecule has 0 aliphatic heterocycles. The van der Waals surface area contributed by atoms with E-state index in [0.717, 1.165) is 12.8 Å². The van der Waals surface area contributed by atoms with Crippen LogP contribution in [0.3, 0.4) is 0 Å². The van der Waals surface area contributed by atoms with Gasteiger partial charge in [-0.15, -0.1) is 6.58 Å². The maximum Gasteiger partial charge on any atom is 0.133 e. The number of hydrogen-bond acceptors (Lipinski definition) is 2. The average molecular weight is 222 g/mol. The first-order valence-corrected chi connectivity index (χ1v) is 6.19. The van der Waals surface area contributed by atoms with E-state index in [9.17, 15) is 9.59 Å². The molecule has 2 nitrogen and oxygen atoms in total. The standard InChI is InChI=1S/C14H22O2/c1-4-7-13(10(2)15)14(11(3)16)12-8-5-6-9-12/h4,12-14H,1,5-9H2,2-3H3. The zero-order valence-electron chi connectivity index (χ0n) is 10.4. The molecule has 16 heavy (non-hydrogen) atoms. The van der Waals surface area contributed by atoms with E-state index in [4.69, 9.17) is 0 Å². The van der Waals surface area contributed by atoms with Gasteiger partial charge in [0.05, 0.1) is 0 Å². The van der Waals surface area contributed by atoms with Crippen molar-refractivity contribution in [2.75, 3.05) is 0 Å². The van der Waals surface area contributed by atoms with Crippen LogP contribution in [0.2, 0.25) is 0 Å². The normalized spacial score (nSPS) is 20.4.